The Morgan fingerprint density at radius 2 is 2.07 bits per heavy atom. The van der Waals surface area contributed by atoms with E-state index in [1.165, 1.54) is 0 Å². The summed E-state index contributed by atoms with van der Waals surface area (Å²) in [6.07, 6.45) is 6.34. The zero-order chi connectivity index (χ0) is 10.7. The van der Waals surface area contributed by atoms with E-state index >= 15 is 0 Å². The average Bonchev–Trinajstić information content (AvgIpc) is 2.22. The van der Waals surface area contributed by atoms with E-state index in [-0.39, 0.29) is 0 Å². The van der Waals surface area contributed by atoms with Crippen LogP contribution in [0.15, 0.2) is 22.8 Å². The predicted molar refractivity (Wildman–Crippen MR) is 65.8 cm³/mol. The van der Waals surface area contributed by atoms with Gasteiger partial charge in [-0.25, -0.2) is 4.98 Å². The van der Waals surface area contributed by atoms with Gasteiger partial charge in [0.2, 0.25) is 0 Å². The largest absolute Gasteiger partial charge is 0.367 e. The van der Waals surface area contributed by atoms with Crippen molar-refractivity contribution in [3.05, 3.63) is 22.8 Å². The first-order valence-electron chi connectivity index (χ1n) is 5.38. The number of hydrogen-bond acceptors (Lipinski definition) is 3. The molecule has 0 radical (unpaired) electrons. The smallest absolute Gasteiger partial charge is 0.127 e. The minimum absolute atomic E-state index is 0.401. The van der Waals surface area contributed by atoms with E-state index in [0.29, 0.717) is 12.1 Å². The first kappa shape index (κ1) is 10.9. The molecule has 0 atom stereocenters. The quantitative estimate of drug-likeness (QED) is 0.868. The second-order valence-corrected chi connectivity index (χ2v) is 5.03. The van der Waals surface area contributed by atoms with Gasteiger partial charge in [-0.15, -0.1) is 0 Å². The second kappa shape index (κ2) is 4.94. The molecule has 0 unspecified atom stereocenters. The van der Waals surface area contributed by atoms with Gasteiger partial charge in [-0.05, 0) is 37.8 Å². The Labute approximate surface area is 98.6 Å². The second-order valence-electron chi connectivity index (χ2n) is 4.12. The number of halogens is 1. The molecule has 0 saturated heterocycles. The molecule has 3 nitrogen and oxygen atoms in total. The molecule has 4 heteroatoms. The number of aromatic nitrogens is 1. The van der Waals surface area contributed by atoms with Gasteiger partial charge in [0, 0.05) is 22.8 Å². The molecule has 2 rings (SSSR count). The van der Waals surface area contributed by atoms with Crippen molar-refractivity contribution in [1.29, 1.82) is 0 Å². The summed E-state index contributed by atoms with van der Waals surface area (Å²) < 4.78 is 1.06. The standard InChI is InChI=1S/C11H16BrN3/c12-8-5-6-14-11(7-8)15-10-3-1-9(13)2-4-10/h5-7,9-10H,1-4,13H2,(H,14,15). The number of anilines is 1. The number of hydrogen-bond donors (Lipinski definition) is 2. The van der Waals surface area contributed by atoms with Gasteiger partial charge < -0.3 is 11.1 Å². The first-order valence-corrected chi connectivity index (χ1v) is 6.17. The lowest BCUT2D eigenvalue weighted by Gasteiger charge is -2.27. The molecule has 1 aromatic rings. The Morgan fingerprint density at radius 1 is 1.33 bits per heavy atom. The summed E-state index contributed by atoms with van der Waals surface area (Å²) in [4.78, 5) is 4.28. The van der Waals surface area contributed by atoms with Crippen LogP contribution >= 0.6 is 15.9 Å². The Balaban J connectivity index is 1.92. The van der Waals surface area contributed by atoms with Crippen LogP contribution in [-0.2, 0) is 0 Å². The number of pyridine rings is 1. The summed E-state index contributed by atoms with van der Waals surface area (Å²) in [6, 6.07) is 4.88. The third-order valence-corrected chi connectivity index (χ3v) is 3.34. The Bertz CT molecular complexity index is 321. The van der Waals surface area contributed by atoms with Crippen LogP contribution in [0.2, 0.25) is 0 Å². The van der Waals surface area contributed by atoms with E-state index in [1.54, 1.807) is 6.20 Å². The van der Waals surface area contributed by atoms with E-state index in [4.69, 9.17) is 5.73 Å². The van der Waals surface area contributed by atoms with E-state index in [1.807, 2.05) is 12.1 Å². The summed E-state index contributed by atoms with van der Waals surface area (Å²) in [7, 11) is 0. The molecule has 1 heterocycles. The van der Waals surface area contributed by atoms with E-state index in [9.17, 15) is 0 Å². The van der Waals surface area contributed by atoms with Gasteiger partial charge in [-0.2, -0.15) is 0 Å². The highest BCUT2D eigenvalue weighted by Gasteiger charge is 2.18. The van der Waals surface area contributed by atoms with E-state index in [0.717, 1.165) is 36.0 Å². The van der Waals surface area contributed by atoms with Crippen molar-refractivity contribution in [2.75, 3.05) is 5.32 Å². The van der Waals surface area contributed by atoms with Crippen LogP contribution in [0.3, 0.4) is 0 Å². The number of nitrogens with two attached hydrogens (primary N) is 1. The molecule has 1 aromatic heterocycles. The van der Waals surface area contributed by atoms with Gasteiger partial charge in [0.1, 0.15) is 5.82 Å². The van der Waals surface area contributed by atoms with Crippen LogP contribution in [0.1, 0.15) is 25.7 Å². The first-order chi connectivity index (χ1) is 7.24. The summed E-state index contributed by atoms with van der Waals surface area (Å²) in [5, 5.41) is 3.45. The van der Waals surface area contributed by atoms with Crippen LogP contribution in [0, 0.1) is 0 Å². The fraction of sp³-hybridized carbons (Fsp3) is 0.545. The van der Waals surface area contributed by atoms with Gasteiger partial charge in [-0.1, -0.05) is 15.9 Å². The van der Waals surface area contributed by atoms with Gasteiger partial charge in [-0.3, -0.25) is 0 Å². The van der Waals surface area contributed by atoms with Crippen molar-refractivity contribution in [3.8, 4) is 0 Å². The molecule has 82 valence electrons. The van der Waals surface area contributed by atoms with Crippen molar-refractivity contribution in [1.82, 2.24) is 4.98 Å². The summed E-state index contributed by atoms with van der Waals surface area (Å²) in [6.45, 7) is 0. The lowest BCUT2D eigenvalue weighted by Crippen LogP contribution is -2.32. The highest BCUT2D eigenvalue weighted by molar-refractivity contribution is 9.10. The SMILES string of the molecule is NC1CCC(Nc2cc(Br)ccn2)CC1. The summed E-state index contributed by atoms with van der Waals surface area (Å²) in [5.41, 5.74) is 5.86. The monoisotopic (exact) mass is 269 g/mol. The Hall–Kier alpha value is -0.610. The van der Waals surface area contributed by atoms with Crippen LogP contribution in [0.4, 0.5) is 5.82 Å². The van der Waals surface area contributed by atoms with Gasteiger partial charge in [0.05, 0.1) is 0 Å². The fourth-order valence-corrected chi connectivity index (χ4v) is 2.29. The molecule has 0 spiro atoms. The van der Waals surface area contributed by atoms with E-state index in [2.05, 4.69) is 26.2 Å². The van der Waals surface area contributed by atoms with Gasteiger partial charge >= 0.3 is 0 Å². The maximum atomic E-state index is 5.86. The number of nitrogens with zero attached hydrogens (tertiary/aromatic N) is 1. The van der Waals surface area contributed by atoms with E-state index < -0.39 is 0 Å². The van der Waals surface area contributed by atoms with Crippen LogP contribution in [-0.4, -0.2) is 17.1 Å². The Morgan fingerprint density at radius 3 is 2.73 bits per heavy atom. The topological polar surface area (TPSA) is 50.9 Å². The molecule has 0 bridgehead atoms. The molecule has 0 aromatic carbocycles. The van der Waals surface area contributed by atoms with Crippen molar-refractivity contribution >= 4 is 21.7 Å². The molecule has 0 aliphatic heterocycles. The molecule has 1 aliphatic carbocycles. The maximum Gasteiger partial charge on any atom is 0.127 e. The molecule has 3 N–H and O–H groups in total. The van der Waals surface area contributed by atoms with Gasteiger partial charge in [0.15, 0.2) is 0 Å². The van der Waals surface area contributed by atoms with Crippen LogP contribution in [0.5, 0.6) is 0 Å². The molecular weight excluding hydrogens is 254 g/mol. The lowest BCUT2D eigenvalue weighted by atomic mass is 9.92. The fourth-order valence-electron chi connectivity index (χ4n) is 1.96. The molecule has 1 aliphatic rings. The lowest BCUT2D eigenvalue weighted by molar-refractivity contribution is 0.410. The van der Waals surface area contributed by atoms with Crippen molar-refractivity contribution in [2.45, 2.75) is 37.8 Å². The third-order valence-electron chi connectivity index (χ3n) is 2.85. The molecule has 15 heavy (non-hydrogen) atoms. The van der Waals surface area contributed by atoms with Crippen molar-refractivity contribution < 1.29 is 0 Å². The Kier molecular flexibility index (Phi) is 3.59. The zero-order valence-electron chi connectivity index (χ0n) is 8.62. The molecule has 0 amide bonds. The molecule has 1 saturated carbocycles. The normalized spacial score (nSPS) is 26.3. The third kappa shape index (κ3) is 3.18. The predicted octanol–water partition coefficient (Wildman–Crippen LogP) is 2.53. The summed E-state index contributed by atoms with van der Waals surface area (Å²) in [5.74, 6) is 0.949. The average molecular weight is 270 g/mol. The van der Waals surface area contributed by atoms with Crippen molar-refractivity contribution in [3.63, 3.8) is 0 Å². The maximum absolute atomic E-state index is 5.86. The van der Waals surface area contributed by atoms with Crippen LogP contribution < -0.4 is 11.1 Å². The van der Waals surface area contributed by atoms with Gasteiger partial charge in [0.25, 0.3) is 0 Å². The number of nitrogens with one attached hydrogen (secondary N) is 1. The zero-order valence-corrected chi connectivity index (χ0v) is 10.2. The molecule has 1 fully saturated rings. The van der Waals surface area contributed by atoms with Crippen LogP contribution in [0.25, 0.3) is 0 Å². The molecular formula is C11H16BrN3. The minimum atomic E-state index is 0.401. The minimum Gasteiger partial charge on any atom is -0.367 e. The number of rotatable bonds is 2. The summed E-state index contributed by atoms with van der Waals surface area (Å²) >= 11 is 3.44. The van der Waals surface area contributed by atoms with Crippen molar-refractivity contribution in [2.24, 2.45) is 5.73 Å². The highest BCUT2D eigenvalue weighted by Crippen LogP contribution is 2.21. The highest BCUT2D eigenvalue weighted by atomic mass is 79.9.